The van der Waals surface area contributed by atoms with Gasteiger partial charge in [0.25, 0.3) is 11.8 Å². The van der Waals surface area contributed by atoms with Gasteiger partial charge in [-0.15, -0.1) is 0 Å². The first-order valence-electron chi connectivity index (χ1n) is 7.42. The van der Waals surface area contributed by atoms with Crippen molar-refractivity contribution in [1.29, 1.82) is 0 Å². The van der Waals surface area contributed by atoms with E-state index in [1.165, 1.54) is 13.2 Å². The van der Waals surface area contributed by atoms with Crippen molar-refractivity contribution < 1.29 is 23.8 Å². The second kappa shape index (κ2) is 7.31. The summed E-state index contributed by atoms with van der Waals surface area (Å²) >= 11 is 5.90. The fraction of sp³-hybridized carbons (Fsp3) is 0.176. The zero-order valence-corrected chi connectivity index (χ0v) is 14.1. The average molecular weight is 363 g/mol. The molecule has 0 saturated heterocycles. The molecule has 2 amide bonds. The normalized spacial score (nSPS) is 12.2. The maximum Gasteiger partial charge on any atom is 0.273 e. The van der Waals surface area contributed by atoms with Gasteiger partial charge >= 0.3 is 0 Å². The molecule has 0 fully saturated rings. The standard InChI is InChI=1S/C17H15ClN2O5/c1-23-13-5-3-11(18)9-12(13)17(22)20-19-16(21)10-2-4-14-15(8-10)25-7-6-24-14/h2-5,8-9H,6-7H2,1H3,(H,19,21)(H,20,22). The Morgan fingerprint density at radius 2 is 1.72 bits per heavy atom. The highest BCUT2D eigenvalue weighted by molar-refractivity contribution is 6.31. The highest BCUT2D eigenvalue weighted by Crippen LogP contribution is 2.30. The third-order valence-corrected chi connectivity index (χ3v) is 3.74. The number of nitrogens with one attached hydrogen (secondary N) is 2. The number of carbonyl (C=O) groups excluding carboxylic acids is 2. The number of amides is 2. The molecule has 130 valence electrons. The molecule has 0 aliphatic carbocycles. The quantitative estimate of drug-likeness (QED) is 0.817. The highest BCUT2D eigenvalue weighted by atomic mass is 35.5. The number of hydrazine groups is 1. The molecule has 0 atom stereocenters. The molecule has 7 nitrogen and oxygen atoms in total. The van der Waals surface area contributed by atoms with Crippen molar-refractivity contribution in [3.05, 3.63) is 52.5 Å². The summed E-state index contributed by atoms with van der Waals surface area (Å²) in [5.74, 6) is 0.365. The molecule has 1 aliphatic heterocycles. The first-order chi connectivity index (χ1) is 12.1. The highest BCUT2D eigenvalue weighted by Gasteiger charge is 2.17. The van der Waals surface area contributed by atoms with Crippen molar-refractivity contribution in [2.24, 2.45) is 0 Å². The topological polar surface area (TPSA) is 85.9 Å². The smallest absolute Gasteiger partial charge is 0.273 e. The van der Waals surface area contributed by atoms with Crippen LogP contribution in [0, 0.1) is 0 Å². The van der Waals surface area contributed by atoms with Crippen LogP contribution < -0.4 is 25.1 Å². The largest absolute Gasteiger partial charge is 0.496 e. The van der Waals surface area contributed by atoms with Crippen LogP contribution in [0.25, 0.3) is 0 Å². The number of hydrogen-bond donors (Lipinski definition) is 2. The summed E-state index contributed by atoms with van der Waals surface area (Å²) in [5.41, 5.74) is 5.20. The minimum atomic E-state index is -0.551. The molecule has 1 heterocycles. The Morgan fingerprint density at radius 3 is 2.48 bits per heavy atom. The van der Waals surface area contributed by atoms with Crippen molar-refractivity contribution in [2.45, 2.75) is 0 Å². The van der Waals surface area contributed by atoms with E-state index in [0.717, 1.165) is 0 Å². The van der Waals surface area contributed by atoms with E-state index >= 15 is 0 Å². The van der Waals surface area contributed by atoms with Crippen LogP contribution in [0.5, 0.6) is 17.2 Å². The van der Waals surface area contributed by atoms with Gasteiger partial charge in [-0.2, -0.15) is 0 Å². The predicted molar refractivity (Wildman–Crippen MR) is 90.4 cm³/mol. The van der Waals surface area contributed by atoms with E-state index in [1.54, 1.807) is 30.3 Å². The van der Waals surface area contributed by atoms with Crippen LogP contribution in [0.4, 0.5) is 0 Å². The Balaban J connectivity index is 1.68. The lowest BCUT2D eigenvalue weighted by atomic mass is 10.2. The molecule has 2 N–H and O–H groups in total. The minimum Gasteiger partial charge on any atom is -0.496 e. The van der Waals surface area contributed by atoms with Crippen LogP contribution in [0.15, 0.2) is 36.4 Å². The zero-order valence-electron chi connectivity index (χ0n) is 13.3. The molecule has 0 bridgehead atoms. The zero-order chi connectivity index (χ0) is 17.8. The molecule has 2 aromatic rings. The number of benzene rings is 2. The van der Waals surface area contributed by atoms with E-state index in [9.17, 15) is 9.59 Å². The van der Waals surface area contributed by atoms with Gasteiger partial charge in [-0.3, -0.25) is 20.4 Å². The van der Waals surface area contributed by atoms with Gasteiger partial charge in [0.05, 0.1) is 12.7 Å². The first kappa shape index (κ1) is 16.9. The maximum absolute atomic E-state index is 12.2. The summed E-state index contributed by atoms with van der Waals surface area (Å²) in [4.78, 5) is 24.4. The number of ether oxygens (including phenoxy) is 3. The summed E-state index contributed by atoms with van der Waals surface area (Å²) in [6.07, 6.45) is 0. The lowest BCUT2D eigenvalue weighted by Gasteiger charge is -2.18. The van der Waals surface area contributed by atoms with Gasteiger partial charge in [-0.05, 0) is 36.4 Å². The fourth-order valence-corrected chi connectivity index (χ4v) is 2.47. The van der Waals surface area contributed by atoms with Gasteiger partial charge in [-0.25, -0.2) is 0 Å². The first-order valence-corrected chi connectivity index (χ1v) is 7.80. The van der Waals surface area contributed by atoms with Crippen LogP contribution in [0.1, 0.15) is 20.7 Å². The van der Waals surface area contributed by atoms with Crippen LogP contribution in [-0.2, 0) is 0 Å². The van der Waals surface area contributed by atoms with Crippen LogP contribution in [-0.4, -0.2) is 32.1 Å². The Hall–Kier alpha value is -2.93. The van der Waals surface area contributed by atoms with E-state index < -0.39 is 11.8 Å². The van der Waals surface area contributed by atoms with E-state index in [-0.39, 0.29) is 5.56 Å². The lowest BCUT2D eigenvalue weighted by Crippen LogP contribution is -2.41. The van der Waals surface area contributed by atoms with Crippen LogP contribution >= 0.6 is 11.6 Å². The summed E-state index contributed by atoms with van der Waals surface area (Å²) in [6, 6.07) is 9.40. The number of methoxy groups -OCH3 is 1. The van der Waals surface area contributed by atoms with Crippen LogP contribution in [0.3, 0.4) is 0 Å². The summed E-state index contributed by atoms with van der Waals surface area (Å²) < 4.78 is 15.9. The molecule has 3 rings (SSSR count). The van der Waals surface area contributed by atoms with Gasteiger partial charge in [-0.1, -0.05) is 11.6 Å². The summed E-state index contributed by atoms with van der Waals surface area (Å²) in [7, 11) is 1.44. The molecule has 25 heavy (non-hydrogen) atoms. The van der Waals surface area contributed by atoms with E-state index in [1.807, 2.05) is 0 Å². The molecule has 8 heteroatoms. The summed E-state index contributed by atoms with van der Waals surface area (Å²) in [5, 5.41) is 0.379. The van der Waals surface area contributed by atoms with Gasteiger partial charge in [0.15, 0.2) is 11.5 Å². The molecule has 1 aliphatic rings. The second-order valence-electron chi connectivity index (χ2n) is 5.11. The predicted octanol–water partition coefficient (Wildman–Crippen LogP) is 2.19. The summed E-state index contributed by atoms with van der Waals surface area (Å²) in [6.45, 7) is 0.888. The van der Waals surface area contributed by atoms with Gasteiger partial charge < -0.3 is 14.2 Å². The SMILES string of the molecule is COc1ccc(Cl)cc1C(=O)NNC(=O)c1ccc2c(c1)OCCO2. The lowest BCUT2D eigenvalue weighted by molar-refractivity contribution is 0.0844. The molecule has 0 aromatic heterocycles. The number of fused-ring (bicyclic) bond motifs is 1. The van der Waals surface area contributed by atoms with Crippen LogP contribution in [0.2, 0.25) is 5.02 Å². The molecule has 0 spiro atoms. The number of rotatable bonds is 3. The number of hydrogen-bond acceptors (Lipinski definition) is 5. The minimum absolute atomic E-state index is 0.206. The molecule has 2 aromatic carbocycles. The Bertz CT molecular complexity index is 825. The third kappa shape index (κ3) is 3.77. The van der Waals surface area contributed by atoms with Gasteiger partial charge in [0, 0.05) is 10.6 Å². The number of halogens is 1. The Morgan fingerprint density at radius 1 is 1.00 bits per heavy atom. The molecule has 0 radical (unpaired) electrons. The molecule has 0 saturated carbocycles. The van der Waals surface area contributed by atoms with Crippen molar-refractivity contribution in [1.82, 2.24) is 10.9 Å². The van der Waals surface area contributed by atoms with E-state index in [4.69, 9.17) is 25.8 Å². The maximum atomic E-state index is 12.2. The fourth-order valence-electron chi connectivity index (χ4n) is 2.30. The number of carbonyl (C=O) groups is 2. The molecular formula is C17H15ClN2O5. The average Bonchev–Trinajstić information content (AvgIpc) is 2.65. The molecule has 0 unspecified atom stereocenters. The van der Waals surface area contributed by atoms with Crippen molar-refractivity contribution in [3.63, 3.8) is 0 Å². The van der Waals surface area contributed by atoms with Gasteiger partial charge in [0.1, 0.15) is 19.0 Å². The van der Waals surface area contributed by atoms with Crippen molar-refractivity contribution in [2.75, 3.05) is 20.3 Å². The monoisotopic (exact) mass is 362 g/mol. The Labute approximate surface area is 148 Å². The third-order valence-electron chi connectivity index (χ3n) is 3.50. The van der Waals surface area contributed by atoms with Gasteiger partial charge in [0.2, 0.25) is 0 Å². The van der Waals surface area contributed by atoms with Crippen molar-refractivity contribution in [3.8, 4) is 17.2 Å². The molecular weight excluding hydrogens is 348 g/mol. The second-order valence-corrected chi connectivity index (χ2v) is 5.55. The van der Waals surface area contributed by atoms with E-state index in [2.05, 4.69) is 10.9 Å². The van der Waals surface area contributed by atoms with E-state index in [0.29, 0.717) is 41.0 Å². The van der Waals surface area contributed by atoms with Crippen molar-refractivity contribution >= 4 is 23.4 Å². The Kier molecular flexibility index (Phi) is 4.95.